The second-order valence-electron chi connectivity index (χ2n) is 9.02. The molecular weight excluding hydrogens is 404 g/mol. The second-order valence-corrected chi connectivity index (χ2v) is 9.02. The summed E-state index contributed by atoms with van der Waals surface area (Å²) >= 11 is 0. The molecule has 2 aromatic rings. The quantitative estimate of drug-likeness (QED) is 0.669. The molecule has 0 radical (unpaired) electrons. The molecule has 1 heterocycles. The first-order valence-corrected chi connectivity index (χ1v) is 11.4. The van der Waals surface area contributed by atoms with Crippen molar-refractivity contribution < 1.29 is 19.1 Å². The van der Waals surface area contributed by atoms with Gasteiger partial charge in [-0.2, -0.15) is 0 Å². The van der Waals surface area contributed by atoms with Crippen molar-refractivity contribution in [2.75, 3.05) is 20.8 Å². The van der Waals surface area contributed by atoms with E-state index in [1.165, 1.54) is 6.42 Å². The summed E-state index contributed by atoms with van der Waals surface area (Å²) in [5.41, 5.74) is 2.69. The molecule has 1 fully saturated rings. The van der Waals surface area contributed by atoms with Gasteiger partial charge in [0.1, 0.15) is 0 Å². The molecule has 0 unspecified atom stereocenters. The number of nitrogens with one attached hydrogen (secondary N) is 1. The maximum Gasteiger partial charge on any atom is 0.254 e. The lowest BCUT2D eigenvalue weighted by molar-refractivity contribution is -0.124. The van der Waals surface area contributed by atoms with Crippen molar-refractivity contribution in [3.05, 3.63) is 59.2 Å². The van der Waals surface area contributed by atoms with Gasteiger partial charge in [0.2, 0.25) is 5.91 Å². The van der Waals surface area contributed by atoms with Gasteiger partial charge in [-0.15, -0.1) is 0 Å². The van der Waals surface area contributed by atoms with Gasteiger partial charge >= 0.3 is 0 Å². The highest BCUT2D eigenvalue weighted by atomic mass is 16.5. The summed E-state index contributed by atoms with van der Waals surface area (Å²) in [5, 5.41) is 3.07. The van der Waals surface area contributed by atoms with Gasteiger partial charge in [0.25, 0.3) is 5.91 Å². The van der Waals surface area contributed by atoms with Gasteiger partial charge in [0.15, 0.2) is 11.5 Å². The average Bonchev–Trinajstić information content (AvgIpc) is 3.13. The number of ether oxygens (including phenoxy) is 2. The van der Waals surface area contributed by atoms with Crippen LogP contribution in [0, 0.1) is 5.41 Å². The van der Waals surface area contributed by atoms with E-state index in [1.54, 1.807) is 14.2 Å². The van der Waals surface area contributed by atoms with Crippen LogP contribution in [0.25, 0.3) is 0 Å². The Labute approximate surface area is 189 Å². The number of nitrogens with zero attached hydrogens (tertiary/aromatic N) is 1. The van der Waals surface area contributed by atoms with Crippen molar-refractivity contribution in [3.8, 4) is 11.5 Å². The Balaban J connectivity index is 1.40. The molecule has 2 amide bonds. The molecule has 1 N–H and O–H groups in total. The largest absolute Gasteiger partial charge is 0.493 e. The third-order valence-electron chi connectivity index (χ3n) is 6.81. The molecule has 0 atom stereocenters. The number of benzene rings is 2. The minimum atomic E-state index is -0.155. The van der Waals surface area contributed by atoms with Crippen molar-refractivity contribution in [1.82, 2.24) is 10.2 Å². The summed E-state index contributed by atoms with van der Waals surface area (Å²) in [4.78, 5) is 27.8. The van der Waals surface area contributed by atoms with Gasteiger partial charge < -0.3 is 19.7 Å². The molecular formula is C26H32N2O4. The van der Waals surface area contributed by atoms with Crippen molar-refractivity contribution in [2.45, 2.75) is 51.6 Å². The van der Waals surface area contributed by atoms with E-state index >= 15 is 0 Å². The van der Waals surface area contributed by atoms with E-state index in [-0.39, 0.29) is 17.2 Å². The minimum Gasteiger partial charge on any atom is -0.493 e. The molecule has 170 valence electrons. The number of rotatable bonds is 8. The van der Waals surface area contributed by atoms with Crippen LogP contribution in [0.1, 0.15) is 60.0 Å². The Kier molecular flexibility index (Phi) is 6.68. The number of amides is 2. The van der Waals surface area contributed by atoms with Gasteiger partial charge in [-0.3, -0.25) is 9.59 Å². The summed E-state index contributed by atoms with van der Waals surface area (Å²) < 4.78 is 10.6. The average molecular weight is 437 g/mol. The lowest BCUT2D eigenvalue weighted by Gasteiger charge is -2.39. The van der Waals surface area contributed by atoms with Crippen LogP contribution in [0.4, 0.5) is 0 Å². The van der Waals surface area contributed by atoms with Gasteiger partial charge in [0, 0.05) is 31.6 Å². The van der Waals surface area contributed by atoms with Crippen LogP contribution in [-0.4, -0.2) is 37.5 Å². The van der Waals surface area contributed by atoms with Crippen LogP contribution in [0.5, 0.6) is 11.5 Å². The normalized spacial score (nSPS) is 17.1. The zero-order chi connectivity index (χ0) is 22.6. The SMILES string of the molecule is COc1ccc(CNC(=O)CC2(CN3Cc4ccccc4C3=O)CCCCC2)cc1OC. The number of fused-ring (bicyclic) bond motifs is 1. The summed E-state index contributed by atoms with van der Waals surface area (Å²) in [5.74, 6) is 1.44. The zero-order valence-corrected chi connectivity index (χ0v) is 19.0. The Hall–Kier alpha value is -3.02. The molecule has 0 saturated heterocycles. The lowest BCUT2D eigenvalue weighted by Crippen LogP contribution is -2.42. The first-order chi connectivity index (χ1) is 15.5. The highest BCUT2D eigenvalue weighted by Crippen LogP contribution is 2.41. The van der Waals surface area contributed by atoms with Crippen LogP contribution in [0.3, 0.4) is 0 Å². The number of carbonyl (C=O) groups excluding carboxylic acids is 2. The highest BCUT2D eigenvalue weighted by Gasteiger charge is 2.39. The van der Waals surface area contributed by atoms with Gasteiger partial charge in [-0.1, -0.05) is 43.5 Å². The van der Waals surface area contributed by atoms with E-state index in [2.05, 4.69) is 5.32 Å². The molecule has 2 aliphatic rings. The van der Waals surface area contributed by atoms with E-state index in [0.29, 0.717) is 37.6 Å². The third kappa shape index (κ3) is 4.74. The molecule has 1 aliphatic carbocycles. The molecule has 0 aromatic heterocycles. The van der Waals surface area contributed by atoms with Gasteiger partial charge in [-0.25, -0.2) is 0 Å². The first kappa shape index (κ1) is 22.2. The van der Waals surface area contributed by atoms with E-state index in [1.807, 2.05) is 47.4 Å². The second kappa shape index (κ2) is 9.63. The highest BCUT2D eigenvalue weighted by molar-refractivity contribution is 5.98. The fraction of sp³-hybridized carbons (Fsp3) is 0.462. The van der Waals surface area contributed by atoms with Gasteiger partial charge in [0.05, 0.1) is 14.2 Å². The van der Waals surface area contributed by atoms with Crippen LogP contribution in [0.2, 0.25) is 0 Å². The third-order valence-corrected chi connectivity index (χ3v) is 6.81. The van der Waals surface area contributed by atoms with Crippen LogP contribution in [-0.2, 0) is 17.9 Å². The number of methoxy groups -OCH3 is 2. The van der Waals surface area contributed by atoms with Crippen LogP contribution in [0.15, 0.2) is 42.5 Å². The van der Waals surface area contributed by atoms with Gasteiger partial charge in [-0.05, 0) is 47.6 Å². The molecule has 1 saturated carbocycles. The van der Waals surface area contributed by atoms with E-state index < -0.39 is 0 Å². The molecule has 2 aromatic carbocycles. The number of hydrogen-bond acceptors (Lipinski definition) is 4. The summed E-state index contributed by atoms with van der Waals surface area (Å²) in [6.07, 6.45) is 5.83. The van der Waals surface area contributed by atoms with Crippen LogP contribution >= 0.6 is 0 Å². The van der Waals surface area contributed by atoms with Crippen molar-refractivity contribution >= 4 is 11.8 Å². The van der Waals surface area contributed by atoms with Crippen molar-refractivity contribution in [3.63, 3.8) is 0 Å². The number of hydrogen-bond donors (Lipinski definition) is 1. The maximum absolute atomic E-state index is 13.0. The lowest BCUT2D eigenvalue weighted by atomic mass is 9.71. The zero-order valence-electron chi connectivity index (χ0n) is 19.0. The first-order valence-electron chi connectivity index (χ1n) is 11.4. The van der Waals surface area contributed by atoms with E-state index in [9.17, 15) is 9.59 Å². The summed E-state index contributed by atoms with van der Waals surface area (Å²) in [7, 11) is 3.21. The Morgan fingerprint density at radius 1 is 1.03 bits per heavy atom. The molecule has 6 heteroatoms. The fourth-order valence-corrected chi connectivity index (χ4v) is 5.13. The van der Waals surface area contributed by atoms with E-state index in [0.717, 1.165) is 42.4 Å². The smallest absolute Gasteiger partial charge is 0.254 e. The standard InChI is InChI=1S/C26H32N2O4/c1-31-22-11-10-19(14-23(22)32-2)16-27-24(29)15-26(12-6-3-7-13-26)18-28-17-20-8-4-5-9-21(20)25(28)30/h4-5,8-11,14H,3,6-7,12-13,15-18H2,1-2H3,(H,27,29). The molecule has 4 rings (SSSR count). The Morgan fingerprint density at radius 2 is 1.78 bits per heavy atom. The fourth-order valence-electron chi connectivity index (χ4n) is 5.13. The monoisotopic (exact) mass is 436 g/mol. The molecule has 6 nitrogen and oxygen atoms in total. The predicted octanol–water partition coefficient (Wildman–Crippen LogP) is 4.32. The molecule has 0 spiro atoms. The van der Waals surface area contributed by atoms with E-state index in [4.69, 9.17) is 9.47 Å². The Morgan fingerprint density at radius 3 is 2.50 bits per heavy atom. The molecule has 0 bridgehead atoms. The Bertz CT molecular complexity index is 982. The topological polar surface area (TPSA) is 67.9 Å². The van der Waals surface area contributed by atoms with Crippen molar-refractivity contribution in [1.29, 1.82) is 0 Å². The predicted molar refractivity (Wildman–Crippen MR) is 123 cm³/mol. The minimum absolute atomic E-state index is 0.0332. The molecule has 32 heavy (non-hydrogen) atoms. The van der Waals surface area contributed by atoms with Crippen LogP contribution < -0.4 is 14.8 Å². The maximum atomic E-state index is 13.0. The van der Waals surface area contributed by atoms with Crippen molar-refractivity contribution in [2.24, 2.45) is 5.41 Å². The molecule has 1 aliphatic heterocycles. The summed E-state index contributed by atoms with van der Waals surface area (Å²) in [6.45, 7) is 1.72. The summed E-state index contributed by atoms with van der Waals surface area (Å²) in [6, 6.07) is 13.5. The number of carbonyl (C=O) groups is 2.